The molecule has 0 bridgehead atoms. The fourth-order valence-electron chi connectivity index (χ4n) is 1.99. The number of aryl methyl sites for hydroxylation is 1. The molecule has 25 heavy (non-hydrogen) atoms. The van der Waals surface area contributed by atoms with Gasteiger partial charge in [-0.3, -0.25) is 9.59 Å². The number of hydrogen-bond donors (Lipinski definition) is 2. The van der Waals surface area contributed by atoms with Crippen molar-refractivity contribution >= 4 is 11.8 Å². The highest BCUT2D eigenvalue weighted by Crippen LogP contribution is 2.24. The topological polar surface area (TPSA) is 76.7 Å². The van der Waals surface area contributed by atoms with Crippen LogP contribution in [0.15, 0.2) is 48.5 Å². The van der Waals surface area contributed by atoms with Gasteiger partial charge in [0.05, 0.1) is 0 Å². The minimum Gasteiger partial charge on any atom is -0.484 e. The van der Waals surface area contributed by atoms with E-state index >= 15 is 0 Å². The molecule has 0 heterocycles. The molecule has 2 rings (SSSR count). The Labute approximate surface area is 147 Å². The highest BCUT2D eigenvalue weighted by Gasteiger charge is 2.03. The van der Waals surface area contributed by atoms with E-state index in [0.29, 0.717) is 24.6 Å². The summed E-state index contributed by atoms with van der Waals surface area (Å²) in [5.41, 5.74) is 1.17. The lowest BCUT2D eigenvalue weighted by atomic mass is 10.2. The molecule has 0 fully saturated rings. The first-order chi connectivity index (χ1) is 12.0. The zero-order chi connectivity index (χ0) is 18.1. The van der Waals surface area contributed by atoms with Crippen molar-refractivity contribution in [3.63, 3.8) is 0 Å². The van der Waals surface area contributed by atoms with E-state index in [4.69, 9.17) is 9.47 Å². The summed E-state index contributed by atoms with van der Waals surface area (Å²) < 4.78 is 11.1. The Hall–Kier alpha value is -3.02. The third-order valence-corrected chi connectivity index (χ3v) is 3.27. The van der Waals surface area contributed by atoms with Crippen LogP contribution in [-0.2, 0) is 9.59 Å². The van der Waals surface area contributed by atoms with Crippen molar-refractivity contribution in [1.82, 2.24) is 10.6 Å². The summed E-state index contributed by atoms with van der Waals surface area (Å²) in [5.74, 6) is 1.66. The second-order valence-corrected chi connectivity index (χ2v) is 5.51. The van der Waals surface area contributed by atoms with Gasteiger partial charge in [0.15, 0.2) is 6.61 Å². The predicted molar refractivity (Wildman–Crippen MR) is 94.9 cm³/mol. The number of carbonyl (C=O) groups is 2. The van der Waals surface area contributed by atoms with E-state index in [1.165, 1.54) is 12.5 Å². The lowest BCUT2D eigenvalue weighted by molar-refractivity contribution is -0.123. The Balaban J connectivity index is 1.73. The van der Waals surface area contributed by atoms with Crippen LogP contribution in [0.2, 0.25) is 0 Å². The quantitative estimate of drug-likeness (QED) is 0.723. The van der Waals surface area contributed by atoms with E-state index in [1.807, 2.05) is 31.2 Å². The molecule has 2 aromatic carbocycles. The molecule has 2 aromatic rings. The molecule has 6 heteroatoms. The number of nitrogens with one attached hydrogen (secondary N) is 2. The molecule has 0 atom stereocenters. The van der Waals surface area contributed by atoms with Gasteiger partial charge < -0.3 is 20.1 Å². The zero-order valence-corrected chi connectivity index (χ0v) is 14.4. The van der Waals surface area contributed by atoms with Crippen LogP contribution in [0.1, 0.15) is 12.5 Å². The van der Waals surface area contributed by atoms with Crippen molar-refractivity contribution in [2.24, 2.45) is 0 Å². The number of hydrogen-bond acceptors (Lipinski definition) is 4. The molecule has 132 valence electrons. The molecule has 0 aliphatic heterocycles. The van der Waals surface area contributed by atoms with Crippen LogP contribution in [0.5, 0.6) is 17.2 Å². The Morgan fingerprint density at radius 3 is 1.96 bits per heavy atom. The van der Waals surface area contributed by atoms with E-state index in [9.17, 15) is 9.59 Å². The van der Waals surface area contributed by atoms with Gasteiger partial charge in [0, 0.05) is 20.0 Å². The minimum absolute atomic E-state index is 0.0851. The van der Waals surface area contributed by atoms with Crippen LogP contribution in [0.4, 0.5) is 0 Å². The Morgan fingerprint density at radius 1 is 0.840 bits per heavy atom. The molecule has 2 amide bonds. The number of amides is 2. The average Bonchev–Trinajstić information content (AvgIpc) is 2.60. The molecule has 6 nitrogen and oxygen atoms in total. The van der Waals surface area contributed by atoms with Gasteiger partial charge in [-0.15, -0.1) is 0 Å². The first-order valence-corrected chi connectivity index (χ1v) is 8.01. The number of ether oxygens (including phenoxy) is 2. The van der Waals surface area contributed by atoms with Gasteiger partial charge in [-0.25, -0.2) is 0 Å². The number of rotatable bonds is 8. The van der Waals surface area contributed by atoms with Crippen molar-refractivity contribution < 1.29 is 19.1 Å². The molecule has 2 N–H and O–H groups in total. The summed E-state index contributed by atoms with van der Waals surface area (Å²) in [6.45, 7) is 4.12. The largest absolute Gasteiger partial charge is 0.484 e. The van der Waals surface area contributed by atoms with Gasteiger partial charge >= 0.3 is 0 Å². The Morgan fingerprint density at radius 2 is 1.36 bits per heavy atom. The van der Waals surface area contributed by atoms with E-state index in [2.05, 4.69) is 10.6 Å². The SMILES string of the molecule is CC(=O)NCCNC(=O)COc1ccc(Oc2ccc(C)cc2)cc1. The van der Waals surface area contributed by atoms with Crippen LogP contribution < -0.4 is 20.1 Å². The summed E-state index contributed by atoms with van der Waals surface area (Å²) in [4.78, 5) is 22.3. The van der Waals surface area contributed by atoms with E-state index in [1.54, 1.807) is 24.3 Å². The minimum atomic E-state index is -0.245. The van der Waals surface area contributed by atoms with Crippen LogP contribution in [0.3, 0.4) is 0 Å². The van der Waals surface area contributed by atoms with Crippen LogP contribution in [0, 0.1) is 6.92 Å². The Bertz CT molecular complexity index is 696. The summed E-state index contributed by atoms with van der Waals surface area (Å²) >= 11 is 0. The van der Waals surface area contributed by atoms with Gasteiger partial charge in [-0.05, 0) is 43.3 Å². The first-order valence-electron chi connectivity index (χ1n) is 8.01. The zero-order valence-electron chi connectivity index (χ0n) is 14.4. The molecule has 0 unspecified atom stereocenters. The van der Waals surface area contributed by atoms with Crippen LogP contribution in [0.25, 0.3) is 0 Å². The fourth-order valence-corrected chi connectivity index (χ4v) is 1.99. The lowest BCUT2D eigenvalue weighted by Crippen LogP contribution is -2.36. The molecule has 0 saturated heterocycles. The van der Waals surface area contributed by atoms with E-state index < -0.39 is 0 Å². The third-order valence-electron chi connectivity index (χ3n) is 3.27. The van der Waals surface area contributed by atoms with Crippen LogP contribution >= 0.6 is 0 Å². The number of carbonyl (C=O) groups excluding carboxylic acids is 2. The smallest absolute Gasteiger partial charge is 0.258 e. The van der Waals surface area contributed by atoms with Crippen molar-refractivity contribution in [3.05, 3.63) is 54.1 Å². The summed E-state index contributed by atoms with van der Waals surface area (Å²) in [6, 6.07) is 14.8. The maximum Gasteiger partial charge on any atom is 0.258 e. The van der Waals surface area contributed by atoms with Gasteiger partial charge in [0.2, 0.25) is 5.91 Å². The second-order valence-electron chi connectivity index (χ2n) is 5.51. The van der Waals surface area contributed by atoms with Gasteiger partial charge in [0.25, 0.3) is 5.91 Å². The monoisotopic (exact) mass is 342 g/mol. The normalized spacial score (nSPS) is 10.0. The highest BCUT2D eigenvalue weighted by atomic mass is 16.5. The van der Waals surface area contributed by atoms with E-state index in [0.717, 1.165) is 5.75 Å². The third kappa shape index (κ3) is 6.95. The fraction of sp³-hybridized carbons (Fsp3) is 0.263. The number of benzene rings is 2. The standard InChI is InChI=1S/C19H22N2O4/c1-14-3-5-17(6-4-14)25-18-9-7-16(8-10-18)24-13-19(23)21-12-11-20-15(2)22/h3-10H,11-13H2,1-2H3,(H,20,22)(H,21,23). The predicted octanol–water partition coefficient (Wildman–Crippen LogP) is 2.42. The van der Waals surface area contributed by atoms with Gasteiger partial charge in [-0.1, -0.05) is 17.7 Å². The maximum atomic E-state index is 11.6. The molecule has 0 spiro atoms. The van der Waals surface area contributed by atoms with Crippen LogP contribution in [-0.4, -0.2) is 31.5 Å². The Kier molecular flexibility index (Phi) is 6.83. The average molecular weight is 342 g/mol. The molecule has 0 aliphatic rings. The van der Waals surface area contributed by atoms with Gasteiger partial charge in [-0.2, -0.15) is 0 Å². The van der Waals surface area contributed by atoms with Crippen molar-refractivity contribution in [1.29, 1.82) is 0 Å². The molecule has 0 aromatic heterocycles. The summed E-state index contributed by atoms with van der Waals surface area (Å²) in [5, 5.41) is 5.25. The molecule has 0 saturated carbocycles. The van der Waals surface area contributed by atoms with Crippen molar-refractivity contribution in [2.75, 3.05) is 19.7 Å². The lowest BCUT2D eigenvalue weighted by Gasteiger charge is -2.09. The molecule has 0 radical (unpaired) electrons. The molecular formula is C19H22N2O4. The first kappa shape index (κ1) is 18.3. The molecular weight excluding hydrogens is 320 g/mol. The summed E-state index contributed by atoms with van der Waals surface area (Å²) in [6.07, 6.45) is 0. The van der Waals surface area contributed by atoms with Gasteiger partial charge in [0.1, 0.15) is 17.2 Å². The summed E-state index contributed by atoms with van der Waals surface area (Å²) in [7, 11) is 0. The van der Waals surface area contributed by atoms with Crippen molar-refractivity contribution in [2.45, 2.75) is 13.8 Å². The van der Waals surface area contributed by atoms with E-state index in [-0.39, 0.29) is 18.4 Å². The molecule has 0 aliphatic carbocycles. The maximum absolute atomic E-state index is 11.6. The van der Waals surface area contributed by atoms with Crippen molar-refractivity contribution in [3.8, 4) is 17.2 Å². The highest BCUT2D eigenvalue weighted by molar-refractivity contribution is 5.77. The second kappa shape index (κ2) is 9.32.